The third kappa shape index (κ3) is 4.52. The van der Waals surface area contributed by atoms with Crippen LogP contribution in [0.3, 0.4) is 0 Å². The molecule has 1 aliphatic carbocycles. The van der Waals surface area contributed by atoms with Gasteiger partial charge in [-0.15, -0.1) is 11.3 Å². The number of ether oxygens (including phenoxy) is 2. The molecule has 1 aliphatic heterocycles. The van der Waals surface area contributed by atoms with Crippen LogP contribution in [0.4, 0.5) is 0 Å². The van der Waals surface area contributed by atoms with Crippen molar-refractivity contribution in [2.45, 2.75) is 44.1 Å². The predicted molar refractivity (Wildman–Crippen MR) is 128 cm³/mol. The first-order valence-corrected chi connectivity index (χ1v) is 12.8. The van der Waals surface area contributed by atoms with Crippen LogP contribution in [-0.4, -0.2) is 46.9 Å². The van der Waals surface area contributed by atoms with Crippen molar-refractivity contribution in [3.63, 3.8) is 0 Å². The van der Waals surface area contributed by atoms with Gasteiger partial charge in [-0.1, -0.05) is 35.9 Å². The number of thioether (sulfide) groups is 1. The molecule has 1 saturated heterocycles. The van der Waals surface area contributed by atoms with Gasteiger partial charge >= 0.3 is 0 Å². The zero-order valence-corrected chi connectivity index (χ0v) is 19.8. The first-order chi connectivity index (χ1) is 14.9. The molecule has 5 nitrogen and oxygen atoms in total. The smallest absolute Gasteiger partial charge is 0.268 e. The molecule has 0 saturated carbocycles. The second kappa shape index (κ2) is 8.45. The van der Waals surface area contributed by atoms with Gasteiger partial charge in [0.2, 0.25) is 0 Å². The third-order valence-electron chi connectivity index (χ3n) is 5.89. The number of benzene rings is 1. The normalized spacial score (nSPS) is 24.5. The molecule has 3 atom stereocenters. The molecule has 1 fully saturated rings. The molecule has 2 aromatic heterocycles. The van der Waals surface area contributed by atoms with E-state index in [9.17, 15) is 4.79 Å². The number of H-pyrrole nitrogens is 1. The first kappa shape index (κ1) is 21.3. The van der Waals surface area contributed by atoms with E-state index in [4.69, 9.17) is 21.1 Å². The highest BCUT2D eigenvalue weighted by atomic mass is 35.5. The molecule has 0 spiro atoms. The number of rotatable bonds is 6. The molecule has 1 aromatic carbocycles. The molecule has 3 aromatic rings. The highest BCUT2D eigenvalue weighted by molar-refractivity contribution is 7.99. The summed E-state index contributed by atoms with van der Waals surface area (Å²) in [5, 5.41) is 4.26. The maximum atomic E-state index is 13.0. The minimum absolute atomic E-state index is 0.0680. The van der Waals surface area contributed by atoms with E-state index < -0.39 is 5.79 Å². The Morgan fingerprint density at radius 2 is 2.16 bits per heavy atom. The number of hydrogen-bond acceptors (Lipinski definition) is 5. The summed E-state index contributed by atoms with van der Waals surface area (Å²) in [4.78, 5) is 17.1. The molecular weight excluding hydrogens is 452 g/mol. The van der Waals surface area contributed by atoms with Crippen molar-refractivity contribution in [1.29, 1.82) is 0 Å². The minimum Gasteiger partial charge on any atom is -0.348 e. The summed E-state index contributed by atoms with van der Waals surface area (Å²) in [6.07, 6.45) is 0.966. The molecule has 5 rings (SSSR count). The zero-order chi connectivity index (χ0) is 21.6. The Balaban J connectivity index is 1.26. The number of hydrogen-bond donors (Lipinski definition) is 2. The molecular formula is C23H25ClN2O3S2. The molecule has 0 unspecified atom stereocenters. The maximum absolute atomic E-state index is 13.0. The number of aromatic nitrogens is 1. The van der Waals surface area contributed by atoms with Crippen LogP contribution in [0.1, 0.15) is 41.4 Å². The second-order valence-corrected chi connectivity index (χ2v) is 11.4. The first-order valence-electron chi connectivity index (χ1n) is 10.4. The summed E-state index contributed by atoms with van der Waals surface area (Å²) in [6, 6.07) is 12.3. The topological polar surface area (TPSA) is 63.3 Å². The maximum Gasteiger partial charge on any atom is 0.268 e. The number of amides is 1. The summed E-state index contributed by atoms with van der Waals surface area (Å²) in [5.41, 5.74) is 3.24. The average molecular weight is 477 g/mol. The largest absolute Gasteiger partial charge is 0.348 e. The van der Waals surface area contributed by atoms with Gasteiger partial charge in [-0.3, -0.25) is 4.79 Å². The van der Waals surface area contributed by atoms with Crippen molar-refractivity contribution in [1.82, 2.24) is 10.3 Å². The summed E-state index contributed by atoms with van der Waals surface area (Å²) in [5.74, 6) is 1.52. The Hall–Kier alpha value is -1.51. The Bertz CT molecular complexity index is 1080. The third-order valence-corrected chi connectivity index (χ3v) is 8.29. The van der Waals surface area contributed by atoms with Crippen LogP contribution in [0.25, 0.3) is 10.2 Å². The summed E-state index contributed by atoms with van der Waals surface area (Å²) in [6.45, 7) is 4.54. The summed E-state index contributed by atoms with van der Waals surface area (Å²) >= 11 is 9.37. The Labute approximate surface area is 194 Å². The van der Waals surface area contributed by atoms with Crippen LogP contribution in [0.5, 0.6) is 0 Å². The van der Waals surface area contributed by atoms with E-state index in [0.717, 1.165) is 32.5 Å². The van der Waals surface area contributed by atoms with Crippen LogP contribution < -0.4 is 5.32 Å². The van der Waals surface area contributed by atoms with Gasteiger partial charge in [0.15, 0.2) is 5.79 Å². The van der Waals surface area contributed by atoms with Crippen LogP contribution >= 0.6 is 34.7 Å². The average Bonchev–Trinajstić information content (AvgIpc) is 3.44. The van der Waals surface area contributed by atoms with Crippen molar-refractivity contribution in [3.8, 4) is 0 Å². The van der Waals surface area contributed by atoms with Crippen molar-refractivity contribution < 1.29 is 14.3 Å². The fraction of sp³-hybridized carbons (Fsp3) is 0.435. The summed E-state index contributed by atoms with van der Waals surface area (Å²) < 4.78 is 12.3. The SMILES string of the molecule is CC1(C)OC[C@@H](CSC[C@@H]2c3ccccc3C[C@H]2NC(=O)c2cc3cc(Cl)sc3[nH]2)O1. The Morgan fingerprint density at radius 3 is 2.94 bits per heavy atom. The molecule has 8 heteroatoms. The highest BCUT2D eigenvalue weighted by Crippen LogP contribution is 2.37. The van der Waals surface area contributed by atoms with E-state index in [2.05, 4.69) is 34.6 Å². The Morgan fingerprint density at radius 1 is 1.32 bits per heavy atom. The number of fused-ring (bicyclic) bond motifs is 2. The molecule has 2 N–H and O–H groups in total. The van der Waals surface area contributed by atoms with Gasteiger partial charge in [0.05, 0.1) is 17.0 Å². The highest BCUT2D eigenvalue weighted by Gasteiger charge is 2.35. The lowest BCUT2D eigenvalue weighted by molar-refractivity contribution is -0.135. The summed E-state index contributed by atoms with van der Waals surface area (Å²) in [7, 11) is 0. The lowest BCUT2D eigenvalue weighted by atomic mass is 10.0. The lowest BCUT2D eigenvalue weighted by Gasteiger charge is -2.22. The fourth-order valence-corrected chi connectivity index (χ4v) is 6.82. The molecule has 31 heavy (non-hydrogen) atoms. The van der Waals surface area contributed by atoms with E-state index in [-0.39, 0.29) is 24.0 Å². The van der Waals surface area contributed by atoms with Gasteiger partial charge in [0.25, 0.3) is 5.91 Å². The number of thiophene rings is 1. The van der Waals surface area contributed by atoms with Crippen LogP contribution in [0, 0.1) is 0 Å². The molecule has 1 amide bonds. The van der Waals surface area contributed by atoms with Crippen molar-refractivity contribution in [2.24, 2.45) is 0 Å². The van der Waals surface area contributed by atoms with Crippen LogP contribution in [-0.2, 0) is 15.9 Å². The second-order valence-electron chi connectivity index (χ2n) is 8.60. The van der Waals surface area contributed by atoms with E-state index >= 15 is 0 Å². The monoisotopic (exact) mass is 476 g/mol. The fourth-order valence-electron chi connectivity index (χ4n) is 4.47. The molecule has 2 aliphatic rings. The molecule has 3 heterocycles. The van der Waals surface area contributed by atoms with Gasteiger partial charge in [-0.05, 0) is 43.5 Å². The lowest BCUT2D eigenvalue weighted by Crippen LogP contribution is -2.38. The van der Waals surface area contributed by atoms with E-state index in [0.29, 0.717) is 12.3 Å². The minimum atomic E-state index is -0.490. The zero-order valence-electron chi connectivity index (χ0n) is 17.4. The number of aromatic amines is 1. The van der Waals surface area contributed by atoms with Crippen molar-refractivity contribution in [2.75, 3.05) is 18.1 Å². The van der Waals surface area contributed by atoms with E-state index in [1.165, 1.54) is 22.5 Å². The molecule has 0 bridgehead atoms. The van der Waals surface area contributed by atoms with E-state index in [1.54, 1.807) is 0 Å². The van der Waals surface area contributed by atoms with E-state index in [1.807, 2.05) is 37.7 Å². The number of halogens is 1. The predicted octanol–water partition coefficient (Wildman–Crippen LogP) is 5.21. The number of nitrogens with one attached hydrogen (secondary N) is 2. The van der Waals surface area contributed by atoms with Crippen molar-refractivity contribution >= 4 is 50.8 Å². The van der Waals surface area contributed by atoms with Crippen LogP contribution in [0.15, 0.2) is 36.4 Å². The quantitative estimate of drug-likeness (QED) is 0.513. The number of carbonyl (C=O) groups is 1. The number of carbonyl (C=O) groups excluding carboxylic acids is 1. The van der Waals surface area contributed by atoms with Gasteiger partial charge in [-0.2, -0.15) is 11.8 Å². The van der Waals surface area contributed by atoms with Gasteiger partial charge in [0.1, 0.15) is 10.5 Å². The van der Waals surface area contributed by atoms with Gasteiger partial charge in [0, 0.05) is 28.9 Å². The van der Waals surface area contributed by atoms with Crippen LogP contribution in [0.2, 0.25) is 4.34 Å². The molecule has 164 valence electrons. The van der Waals surface area contributed by atoms with Gasteiger partial charge in [-0.25, -0.2) is 0 Å². The standard InChI is InChI=1S/C23H25ClN2O3S2/c1-23(2)28-10-15(29-23)11-30-12-17-16-6-4-3-5-13(16)7-18(17)25-21(27)19-8-14-9-20(24)31-22(14)26-19/h3-6,8-9,15,17-18,26H,7,10-12H2,1-2H3,(H,25,27)/t15-,17+,18+/m0/s1. The Kier molecular flexibility index (Phi) is 5.81. The van der Waals surface area contributed by atoms with Crippen molar-refractivity contribution in [3.05, 3.63) is 57.6 Å². The molecule has 0 radical (unpaired) electrons. The van der Waals surface area contributed by atoms with Gasteiger partial charge < -0.3 is 19.8 Å².